The average molecular weight is 206 g/mol. The van der Waals surface area contributed by atoms with E-state index in [-0.39, 0.29) is 11.6 Å². The fraction of sp³-hybridized carbons (Fsp3) is 0.857. The van der Waals surface area contributed by atoms with Gasteiger partial charge in [-0.1, -0.05) is 0 Å². The van der Waals surface area contributed by atoms with Gasteiger partial charge in [0.15, 0.2) is 0 Å². The van der Waals surface area contributed by atoms with Gasteiger partial charge in [0.05, 0.1) is 5.54 Å². The van der Waals surface area contributed by atoms with Crippen LogP contribution in [-0.2, 0) is 4.74 Å². The highest BCUT2D eigenvalue weighted by atomic mass is 79.9. The lowest BCUT2D eigenvalue weighted by molar-refractivity contribution is 0.153. The number of hydrogen-bond donors (Lipinski definition) is 0. The second-order valence-corrected chi connectivity index (χ2v) is 3.99. The molecule has 0 radical (unpaired) electrons. The second kappa shape index (κ2) is 2.53. The summed E-state index contributed by atoms with van der Waals surface area (Å²) in [7, 11) is 0. The van der Waals surface area contributed by atoms with E-state index in [1.54, 1.807) is 0 Å². The quantitative estimate of drug-likeness (QED) is 0.596. The predicted octanol–water partition coefficient (Wildman–Crippen LogP) is 2.32. The Labute approximate surface area is 69.8 Å². The molecular formula is C7H12BrNO. The summed E-state index contributed by atoms with van der Waals surface area (Å²) in [6, 6.07) is 0. The van der Waals surface area contributed by atoms with Gasteiger partial charge >= 0.3 is 0 Å². The Morgan fingerprint density at radius 2 is 2.30 bits per heavy atom. The molecule has 3 heteroatoms. The third-order valence-corrected chi connectivity index (χ3v) is 1.84. The van der Waals surface area contributed by atoms with Crippen LogP contribution in [0, 0.1) is 0 Å². The van der Waals surface area contributed by atoms with Crippen molar-refractivity contribution in [1.82, 2.24) is 0 Å². The summed E-state index contributed by atoms with van der Waals surface area (Å²) in [6.07, 6.45) is 1.27. The minimum Gasteiger partial charge on any atom is -0.470 e. The van der Waals surface area contributed by atoms with Gasteiger partial charge in [0, 0.05) is 22.4 Å². The molecule has 1 atom stereocenters. The molecule has 10 heavy (non-hydrogen) atoms. The highest BCUT2D eigenvalue weighted by Gasteiger charge is 2.26. The van der Waals surface area contributed by atoms with Crippen molar-refractivity contribution in [2.45, 2.75) is 38.8 Å². The maximum Gasteiger partial charge on any atom is 0.254 e. The summed E-state index contributed by atoms with van der Waals surface area (Å²) in [6.45, 7) is 6.26. The van der Waals surface area contributed by atoms with Crippen LogP contribution in [-0.4, -0.2) is 16.4 Å². The van der Waals surface area contributed by atoms with E-state index in [1.807, 2.05) is 0 Å². The van der Waals surface area contributed by atoms with Gasteiger partial charge in [0.25, 0.3) is 4.81 Å². The Kier molecular flexibility index (Phi) is 2.04. The fourth-order valence-electron chi connectivity index (χ4n) is 1.22. The van der Waals surface area contributed by atoms with Crippen molar-refractivity contribution in [1.29, 1.82) is 0 Å². The maximum absolute atomic E-state index is 5.29. The molecule has 1 aliphatic heterocycles. The van der Waals surface area contributed by atoms with Crippen LogP contribution < -0.4 is 0 Å². The lowest BCUT2D eigenvalue weighted by atomic mass is 9.98. The Morgan fingerprint density at radius 3 is 2.70 bits per heavy atom. The van der Waals surface area contributed by atoms with Crippen LogP contribution in [0.5, 0.6) is 0 Å². The van der Waals surface area contributed by atoms with Gasteiger partial charge in [0.2, 0.25) is 0 Å². The van der Waals surface area contributed by atoms with Crippen molar-refractivity contribution in [3.8, 4) is 0 Å². The largest absolute Gasteiger partial charge is 0.470 e. The number of aliphatic imine (C=N–C) groups is 1. The summed E-state index contributed by atoms with van der Waals surface area (Å²) >= 11 is 3.23. The van der Waals surface area contributed by atoms with Crippen molar-refractivity contribution in [3.63, 3.8) is 0 Å². The molecular weight excluding hydrogens is 194 g/mol. The third-order valence-electron chi connectivity index (χ3n) is 1.48. The smallest absolute Gasteiger partial charge is 0.254 e. The fourth-order valence-corrected chi connectivity index (χ4v) is 2.02. The van der Waals surface area contributed by atoms with Gasteiger partial charge in [-0.25, -0.2) is 4.99 Å². The van der Waals surface area contributed by atoms with Gasteiger partial charge in [-0.2, -0.15) is 0 Å². The first-order valence-electron chi connectivity index (χ1n) is 3.42. The zero-order chi connectivity index (χ0) is 7.78. The topological polar surface area (TPSA) is 21.6 Å². The molecule has 0 fully saturated rings. The van der Waals surface area contributed by atoms with Crippen LogP contribution in [0.2, 0.25) is 0 Å². The van der Waals surface area contributed by atoms with Crippen LogP contribution >= 0.6 is 15.9 Å². The molecule has 1 rings (SSSR count). The number of nitrogens with zero attached hydrogens (tertiary/aromatic N) is 1. The molecule has 0 aliphatic carbocycles. The summed E-state index contributed by atoms with van der Waals surface area (Å²) in [5, 5.41) is 0. The number of hydrogen-bond acceptors (Lipinski definition) is 2. The molecule has 0 aromatic carbocycles. The molecule has 2 nitrogen and oxygen atoms in total. The van der Waals surface area contributed by atoms with Crippen molar-refractivity contribution >= 4 is 20.7 Å². The molecule has 58 valence electrons. The second-order valence-electron chi connectivity index (χ2n) is 3.31. The Hall–Kier alpha value is -0.0500. The molecule has 0 N–H and O–H groups in total. The molecule has 0 aromatic rings. The van der Waals surface area contributed by atoms with Crippen molar-refractivity contribution in [3.05, 3.63) is 0 Å². The van der Waals surface area contributed by atoms with Crippen LogP contribution in [0.1, 0.15) is 27.2 Å². The summed E-state index contributed by atoms with van der Waals surface area (Å²) in [5.74, 6) is 0. The zero-order valence-corrected chi connectivity index (χ0v) is 8.10. The first-order valence-corrected chi connectivity index (χ1v) is 4.21. The number of rotatable bonds is 0. The summed E-state index contributed by atoms with van der Waals surface area (Å²) in [4.78, 5) is 4.91. The van der Waals surface area contributed by atoms with Gasteiger partial charge < -0.3 is 4.74 Å². The molecule has 1 heterocycles. The standard InChI is InChI=1S/C7H12BrNO/c1-5-4-7(2,3)9-6(8)10-5/h5H,4H2,1-3H3. The minimum atomic E-state index is 0.0382. The zero-order valence-electron chi connectivity index (χ0n) is 6.52. The maximum atomic E-state index is 5.29. The highest BCUT2D eigenvalue weighted by Crippen LogP contribution is 2.24. The molecule has 0 saturated heterocycles. The summed E-state index contributed by atoms with van der Waals surface area (Å²) < 4.78 is 5.29. The average Bonchev–Trinajstić information content (AvgIpc) is 1.54. The Morgan fingerprint density at radius 1 is 1.70 bits per heavy atom. The van der Waals surface area contributed by atoms with E-state index >= 15 is 0 Å². The molecule has 0 aromatic heterocycles. The minimum absolute atomic E-state index is 0.0382. The lowest BCUT2D eigenvalue weighted by Gasteiger charge is -2.29. The molecule has 0 amide bonds. The summed E-state index contributed by atoms with van der Waals surface area (Å²) in [5.41, 5.74) is 0.0382. The molecule has 0 saturated carbocycles. The van der Waals surface area contributed by atoms with Crippen molar-refractivity contribution in [2.24, 2.45) is 4.99 Å². The van der Waals surface area contributed by atoms with Crippen LogP contribution in [0.25, 0.3) is 0 Å². The Balaban J connectivity index is 2.74. The Bertz CT molecular complexity index is 165. The van der Waals surface area contributed by atoms with Crippen molar-refractivity contribution in [2.75, 3.05) is 0 Å². The van der Waals surface area contributed by atoms with E-state index in [1.165, 1.54) is 0 Å². The van der Waals surface area contributed by atoms with Crippen LogP contribution in [0.15, 0.2) is 4.99 Å². The molecule has 1 aliphatic rings. The normalized spacial score (nSPS) is 30.8. The van der Waals surface area contributed by atoms with Crippen molar-refractivity contribution < 1.29 is 4.74 Å². The number of halogens is 1. The third kappa shape index (κ3) is 1.97. The first-order chi connectivity index (χ1) is 4.49. The molecule has 0 spiro atoms. The molecule has 1 unspecified atom stereocenters. The van der Waals surface area contributed by atoms with Crippen LogP contribution in [0.3, 0.4) is 0 Å². The first kappa shape index (κ1) is 8.05. The van der Waals surface area contributed by atoms with Gasteiger partial charge in [-0.15, -0.1) is 0 Å². The van der Waals surface area contributed by atoms with Gasteiger partial charge in [0.1, 0.15) is 6.10 Å². The highest BCUT2D eigenvalue weighted by molar-refractivity contribution is 9.18. The molecule has 0 bridgehead atoms. The monoisotopic (exact) mass is 205 g/mol. The van der Waals surface area contributed by atoms with E-state index in [2.05, 4.69) is 41.7 Å². The van der Waals surface area contributed by atoms with E-state index in [0.29, 0.717) is 4.81 Å². The van der Waals surface area contributed by atoms with Crippen LogP contribution in [0.4, 0.5) is 0 Å². The SMILES string of the molecule is CC1CC(C)(C)N=C(Br)O1. The predicted molar refractivity (Wildman–Crippen MR) is 45.6 cm³/mol. The van der Waals surface area contributed by atoms with Gasteiger partial charge in [-0.3, -0.25) is 0 Å². The van der Waals surface area contributed by atoms with E-state index in [0.717, 1.165) is 6.42 Å². The van der Waals surface area contributed by atoms with Gasteiger partial charge in [-0.05, 0) is 20.8 Å². The van der Waals surface area contributed by atoms with E-state index < -0.39 is 0 Å². The van der Waals surface area contributed by atoms with E-state index in [4.69, 9.17) is 4.74 Å². The lowest BCUT2D eigenvalue weighted by Crippen LogP contribution is -2.31. The van der Waals surface area contributed by atoms with E-state index in [9.17, 15) is 0 Å². The number of ether oxygens (including phenoxy) is 1.